The van der Waals surface area contributed by atoms with Gasteiger partial charge in [0.2, 0.25) is 0 Å². The minimum atomic E-state index is -0.980. The molecule has 0 saturated heterocycles. The Morgan fingerprint density at radius 3 is 2.76 bits per heavy atom. The van der Waals surface area contributed by atoms with Gasteiger partial charge in [0.15, 0.2) is 0 Å². The van der Waals surface area contributed by atoms with Crippen LogP contribution in [0, 0.1) is 0 Å². The van der Waals surface area contributed by atoms with Gasteiger partial charge >= 0.3 is 5.97 Å². The number of carbonyl (C=O) groups is 1. The fraction of sp³-hybridized carbons (Fsp3) is 0.500. The largest absolute Gasteiger partial charge is 0.465 e. The van der Waals surface area contributed by atoms with Gasteiger partial charge in [-0.1, -0.05) is 19.1 Å². The summed E-state index contributed by atoms with van der Waals surface area (Å²) in [7, 11) is 0. The number of fused-ring (bicyclic) bond motifs is 1. The fourth-order valence-electron chi connectivity index (χ4n) is 2.39. The van der Waals surface area contributed by atoms with E-state index in [0.29, 0.717) is 19.6 Å². The van der Waals surface area contributed by atoms with Crippen LogP contribution in [0.5, 0.6) is 0 Å². The predicted octanol–water partition coefficient (Wildman–Crippen LogP) is 2.27. The average Bonchev–Trinajstić information content (AvgIpc) is 2.83. The molecule has 0 bridgehead atoms. The van der Waals surface area contributed by atoms with Gasteiger partial charge in [-0.15, -0.1) is 0 Å². The summed E-state index contributed by atoms with van der Waals surface area (Å²) < 4.78 is 7.17. The Bertz CT molecular complexity index is 631. The lowest BCUT2D eigenvalue weighted by molar-refractivity contribution is -0.149. The van der Waals surface area contributed by atoms with Crippen LogP contribution in [0.1, 0.15) is 33.0 Å². The molecule has 1 atom stereocenters. The lowest BCUT2D eigenvalue weighted by Gasteiger charge is -2.23. The number of benzene rings is 1. The Balaban J connectivity index is 2.21. The van der Waals surface area contributed by atoms with Crippen molar-refractivity contribution < 1.29 is 9.53 Å². The number of para-hydroxylation sites is 2. The van der Waals surface area contributed by atoms with E-state index in [4.69, 9.17) is 10.5 Å². The first-order valence-electron chi connectivity index (χ1n) is 7.39. The molecule has 0 fully saturated rings. The number of ether oxygens (including phenoxy) is 1. The first-order chi connectivity index (χ1) is 9.99. The highest BCUT2D eigenvalue weighted by atomic mass is 16.5. The van der Waals surface area contributed by atoms with E-state index in [9.17, 15) is 4.79 Å². The molecule has 0 spiro atoms. The van der Waals surface area contributed by atoms with Crippen LogP contribution in [0.15, 0.2) is 24.3 Å². The highest BCUT2D eigenvalue weighted by Crippen LogP contribution is 2.19. The molecule has 0 aliphatic heterocycles. The number of aryl methyl sites for hydroxylation is 2. The molecule has 2 N–H and O–H groups in total. The van der Waals surface area contributed by atoms with Gasteiger partial charge in [-0.25, -0.2) is 4.98 Å². The third kappa shape index (κ3) is 3.24. The van der Waals surface area contributed by atoms with E-state index in [0.717, 1.165) is 23.3 Å². The fourth-order valence-corrected chi connectivity index (χ4v) is 2.39. The minimum Gasteiger partial charge on any atom is -0.465 e. The second kappa shape index (κ2) is 6.26. The Labute approximate surface area is 125 Å². The number of esters is 1. The van der Waals surface area contributed by atoms with Gasteiger partial charge in [-0.3, -0.25) is 4.79 Å². The van der Waals surface area contributed by atoms with E-state index in [1.807, 2.05) is 24.3 Å². The van der Waals surface area contributed by atoms with Gasteiger partial charge in [-0.2, -0.15) is 0 Å². The molecular formula is C16H23N3O2. The smallest absolute Gasteiger partial charge is 0.325 e. The number of nitrogens with two attached hydrogens (primary N) is 1. The highest BCUT2D eigenvalue weighted by Gasteiger charge is 2.30. The van der Waals surface area contributed by atoms with Crippen molar-refractivity contribution >= 4 is 17.0 Å². The van der Waals surface area contributed by atoms with Crippen molar-refractivity contribution in [1.82, 2.24) is 9.55 Å². The topological polar surface area (TPSA) is 70.1 Å². The normalized spacial score (nSPS) is 14.1. The molecule has 1 heterocycles. The zero-order valence-corrected chi connectivity index (χ0v) is 12.9. The lowest BCUT2D eigenvalue weighted by Crippen LogP contribution is -2.46. The summed E-state index contributed by atoms with van der Waals surface area (Å²) in [5.41, 5.74) is 7.16. The van der Waals surface area contributed by atoms with Crippen molar-refractivity contribution in [2.24, 2.45) is 5.73 Å². The van der Waals surface area contributed by atoms with Crippen LogP contribution in [0.2, 0.25) is 0 Å². The molecule has 5 nitrogen and oxygen atoms in total. The first-order valence-corrected chi connectivity index (χ1v) is 7.39. The van der Waals surface area contributed by atoms with E-state index in [2.05, 4.69) is 16.5 Å². The summed E-state index contributed by atoms with van der Waals surface area (Å²) in [4.78, 5) is 16.5. The van der Waals surface area contributed by atoms with Crippen LogP contribution >= 0.6 is 0 Å². The number of nitrogens with zero attached hydrogens (tertiary/aromatic N) is 2. The van der Waals surface area contributed by atoms with Crippen molar-refractivity contribution in [2.75, 3.05) is 6.61 Å². The van der Waals surface area contributed by atoms with E-state index >= 15 is 0 Å². The molecule has 2 rings (SSSR count). The Kier molecular flexibility index (Phi) is 4.63. The molecule has 1 aromatic heterocycles. The first kappa shape index (κ1) is 15.5. The molecule has 0 saturated carbocycles. The third-order valence-electron chi connectivity index (χ3n) is 3.65. The Morgan fingerprint density at radius 1 is 1.38 bits per heavy atom. The van der Waals surface area contributed by atoms with Gasteiger partial charge in [0, 0.05) is 13.0 Å². The van der Waals surface area contributed by atoms with Gasteiger partial charge in [0.25, 0.3) is 0 Å². The summed E-state index contributed by atoms with van der Waals surface area (Å²) in [5, 5.41) is 0. The van der Waals surface area contributed by atoms with Crippen LogP contribution in [0.4, 0.5) is 0 Å². The zero-order chi connectivity index (χ0) is 15.5. The van der Waals surface area contributed by atoms with Crippen molar-refractivity contribution in [1.29, 1.82) is 0 Å². The van der Waals surface area contributed by atoms with Crippen molar-refractivity contribution in [3.63, 3.8) is 0 Å². The summed E-state index contributed by atoms with van der Waals surface area (Å²) in [5.74, 6) is 0.656. The predicted molar refractivity (Wildman–Crippen MR) is 83.0 cm³/mol. The lowest BCUT2D eigenvalue weighted by atomic mass is 9.99. The molecule has 0 radical (unpaired) electrons. The maximum absolute atomic E-state index is 11.9. The van der Waals surface area contributed by atoms with Crippen LogP contribution in [0.3, 0.4) is 0 Å². The molecule has 0 amide bonds. The third-order valence-corrected chi connectivity index (χ3v) is 3.65. The van der Waals surface area contributed by atoms with E-state index in [-0.39, 0.29) is 5.97 Å². The molecule has 0 aliphatic carbocycles. The molecule has 0 aliphatic rings. The van der Waals surface area contributed by atoms with Crippen LogP contribution in [-0.4, -0.2) is 27.7 Å². The Hall–Kier alpha value is -1.88. The second-order valence-corrected chi connectivity index (χ2v) is 5.41. The summed E-state index contributed by atoms with van der Waals surface area (Å²) >= 11 is 0. The number of carbonyl (C=O) groups excluding carboxylic acids is 1. The minimum absolute atomic E-state index is 0.347. The number of hydrogen-bond donors (Lipinski definition) is 1. The van der Waals surface area contributed by atoms with Gasteiger partial charge in [0.05, 0.1) is 17.6 Å². The summed E-state index contributed by atoms with van der Waals surface area (Å²) in [6, 6.07) is 8.01. The van der Waals surface area contributed by atoms with E-state index in [1.54, 1.807) is 13.8 Å². The zero-order valence-electron chi connectivity index (χ0n) is 12.9. The monoisotopic (exact) mass is 289 g/mol. The number of hydrogen-bond acceptors (Lipinski definition) is 4. The number of rotatable bonds is 6. The van der Waals surface area contributed by atoms with Crippen molar-refractivity contribution in [2.45, 2.75) is 45.7 Å². The maximum atomic E-state index is 11.9. The molecule has 5 heteroatoms. The maximum Gasteiger partial charge on any atom is 0.325 e. The van der Waals surface area contributed by atoms with Gasteiger partial charge in [0.1, 0.15) is 11.4 Å². The van der Waals surface area contributed by atoms with Gasteiger partial charge < -0.3 is 15.0 Å². The number of imidazole rings is 1. The molecule has 1 aromatic carbocycles. The molecule has 114 valence electrons. The highest BCUT2D eigenvalue weighted by molar-refractivity contribution is 5.80. The van der Waals surface area contributed by atoms with E-state index < -0.39 is 5.54 Å². The standard InChI is InChI=1S/C16H23N3O2/c1-4-14-18-12-8-6-7-9-13(12)19(14)11-10-16(3,17)15(20)21-5-2/h6-9H,4-5,10-11,17H2,1-3H3. The average molecular weight is 289 g/mol. The summed E-state index contributed by atoms with van der Waals surface area (Å²) in [6.07, 6.45) is 1.36. The van der Waals surface area contributed by atoms with Crippen molar-refractivity contribution in [3.8, 4) is 0 Å². The molecule has 2 aromatic rings. The van der Waals surface area contributed by atoms with Crippen LogP contribution in [-0.2, 0) is 22.5 Å². The molecule has 21 heavy (non-hydrogen) atoms. The van der Waals surface area contributed by atoms with Crippen LogP contribution in [0.25, 0.3) is 11.0 Å². The quantitative estimate of drug-likeness (QED) is 0.828. The SMILES string of the molecule is CCOC(=O)C(C)(N)CCn1c(CC)nc2ccccc21. The Morgan fingerprint density at radius 2 is 2.10 bits per heavy atom. The number of aromatic nitrogens is 2. The van der Waals surface area contributed by atoms with Gasteiger partial charge in [-0.05, 0) is 32.4 Å². The summed E-state index contributed by atoms with van der Waals surface area (Å²) in [6.45, 7) is 6.57. The van der Waals surface area contributed by atoms with Crippen molar-refractivity contribution in [3.05, 3.63) is 30.1 Å². The van der Waals surface area contributed by atoms with E-state index in [1.165, 1.54) is 0 Å². The molecular weight excluding hydrogens is 266 g/mol. The second-order valence-electron chi connectivity index (χ2n) is 5.41. The molecule has 1 unspecified atom stereocenters. The van der Waals surface area contributed by atoms with Crippen LogP contribution < -0.4 is 5.73 Å².